The zero-order valence-electron chi connectivity index (χ0n) is 6.95. The second kappa shape index (κ2) is 4.56. The van der Waals surface area contributed by atoms with Gasteiger partial charge < -0.3 is 16.2 Å². The van der Waals surface area contributed by atoms with E-state index >= 15 is 0 Å². The van der Waals surface area contributed by atoms with Gasteiger partial charge in [0.1, 0.15) is 0 Å². The normalized spacial score (nSPS) is 9.50. The van der Waals surface area contributed by atoms with Gasteiger partial charge in [0.2, 0.25) is 0 Å². The molecule has 0 aliphatic carbocycles. The van der Waals surface area contributed by atoms with Crippen LogP contribution in [0.3, 0.4) is 0 Å². The van der Waals surface area contributed by atoms with Gasteiger partial charge in [-0.25, -0.2) is 4.79 Å². The third-order valence-electron chi connectivity index (χ3n) is 1.49. The van der Waals surface area contributed by atoms with Crippen LogP contribution in [0, 0.1) is 3.57 Å². The van der Waals surface area contributed by atoms with E-state index in [1.54, 1.807) is 12.1 Å². The minimum absolute atomic E-state index is 0.116. The lowest BCUT2D eigenvalue weighted by Gasteiger charge is -2.07. The minimum Gasteiger partial charge on any atom is -0.478 e. The summed E-state index contributed by atoms with van der Waals surface area (Å²) in [6.45, 7) is 0. The standard InChI is InChI=1S/C8H7IN2O2S/c9-6-4(7(12)13)2-1-3-5(6)11-8(10)14/h1-3H,(H,12,13)(H3,10,11,14). The van der Waals surface area contributed by atoms with Gasteiger partial charge in [0.05, 0.1) is 14.8 Å². The number of halogens is 1. The first-order valence-corrected chi connectivity index (χ1v) is 5.09. The molecule has 0 aliphatic heterocycles. The van der Waals surface area contributed by atoms with Crippen molar-refractivity contribution in [1.29, 1.82) is 0 Å². The lowest BCUT2D eigenvalue weighted by atomic mass is 10.2. The van der Waals surface area contributed by atoms with E-state index in [0.717, 1.165) is 0 Å². The molecule has 1 rings (SSSR count). The van der Waals surface area contributed by atoms with Crippen molar-refractivity contribution in [2.45, 2.75) is 0 Å². The summed E-state index contributed by atoms with van der Waals surface area (Å²) in [5.41, 5.74) is 6.13. The number of rotatable bonds is 2. The molecule has 6 heteroatoms. The average Bonchev–Trinajstić information content (AvgIpc) is 2.07. The van der Waals surface area contributed by atoms with E-state index in [4.69, 9.17) is 10.8 Å². The number of carbonyl (C=O) groups is 1. The van der Waals surface area contributed by atoms with Crippen molar-refractivity contribution in [2.75, 3.05) is 5.32 Å². The smallest absolute Gasteiger partial charge is 0.336 e. The monoisotopic (exact) mass is 322 g/mol. The lowest BCUT2D eigenvalue weighted by molar-refractivity contribution is 0.0696. The summed E-state index contributed by atoms with van der Waals surface area (Å²) >= 11 is 6.59. The molecule has 0 bridgehead atoms. The van der Waals surface area contributed by atoms with Crippen LogP contribution in [-0.2, 0) is 0 Å². The predicted octanol–water partition coefficient (Wildman–Crippen LogP) is 1.64. The molecule has 0 saturated carbocycles. The van der Waals surface area contributed by atoms with Crippen molar-refractivity contribution in [3.05, 3.63) is 27.3 Å². The molecular formula is C8H7IN2O2S. The third-order valence-corrected chi connectivity index (χ3v) is 2.75. The average molecular weight is 322 g/mol. The molecule has 0 spiro atoms. The topological polar surface area (TPSA) is 75.3 Å². The number of aromatic carboxylic acids is 1. The molecule has 4 N–H and O–H groups in total. The van der Waals surface area contributed by atoms with Crippen LogP contribution in [0.15, 0.2) is 18.2 Å². The molecule has 1 aromatic rings. The van der Waals surface area contributed by atoms with E-state index in [1.807, 2.05) is 22.6 Å². The Kier molecular flexibility index (Phi) is 3.64. The van der Waals surface area contributed by atoms with Gasteiger partial charge in [-0.2, -0.15) is 0 Å². The number of nitrogens with one attached hydrogen (secondary N) is 1. The van der Waals surface area contributed by atoms with Crippen molar-refractivity contribution in [3.63, 3.8) is 0 Å². The van der Waals surface area contributed by atoms with Crippen LogP contribution >= 0.6 is 34.8 Å². The number of anilines is 1. The van der Waals surface area contributed by atoms with E-state index in [0.29, 0.717) is 9.26 Å². The molecule has 74 valence electrons. The molecule has 0 fully saturated rings. The van der Waals surface area contributed by atoms with E-state index < -0.39 is 5.97 Å². The molecule has 0 heterocycles. The molecule has 0 amide bonds. The number of hydrogen-bond donors (Lipinski definition) is 3. The molecule has 0 atom stereocenters. The van der Waals surface area contributed by atoms with Crippen molar-refractivity contribution in [2.24, 2.45) is 5.73 Å². The summed E-state index contributed by atoms with van der Waals surface area (Å²) < 4.78 is 0.588. The van der Waals surface area contributed by atoms with E-state index in [2.05, 4.69) is 17.5 Å². The third kappa shape index (κ3) is 2.55. The Hall–Kier alpha value is -0.890. The lowest BCUT2D eigenvalue weighted by Crippen LogP contribution is -2.20. The van der Waals surface area contributed by atoms with Gasteiger partial charge in [0.25, 0.3) is 0 Å². The Labute approximate surface area is 99.6 Å². The van der Waals surface area contributed by atoms with Gasteiger partial charge >= 0.3 is 5.97 Å². The first kappa shape index (κ1) is 11.2. The Morgan fingerprint density at radius 2 is 2.21 bits per heavy atom. The van der Waals surface area contributed by atoms with Crippen LogP contribution in [0.5, 0.6) is 0 Å². The van der Waals surface area contributed by atoms with Crippen molar-refractivity contribution >= 4 is 51.6 Å². The molecule has 4 nitrogen and oxygen atoms in total. The molecule has 1 aromatic carbocycles. The summed E-state index contributed by atoms with van der Waals surface area (Å²) in [6.07, 6.45) is 0. The fourth-order valence-electron chi connectivity index (χ4n) is 0.926. The first-order chi connectivity index (χ1) is 6.52. The molecule has 14 heavy (non-hydrogen) atoms. The zero-order chi connectivity index (χ0) is 10.7. The quantitative estimate of drug-likeness (QED) is 0.570. The largest absolute Gasteiger partial charge is 0.478 e. The highest BCUT2D eigenvalue weighted by Crippen LogP contribution is 2.21. The number of nitrogens with two attached hydrogens (primary N) is 1. The molecule has 0 saturated heterocycles. The van der Waals surface area contributed by atoms with Crippen molar-refractivity contribution < 1.29 is 9.90 Å². The highest BCUT2D eigenvalue weighted by atomic mass is 127. The predicted molar refractivity (Wildman–Crippen MR) is 66.5 cm³/mol. The van der Waals surface area contributed by atoms with Crippen LogP contribution in [0.1, 0.15) is 10.4 Å². The van der Waals surface area contributed by atoms with Gasteiger partial charge in [0.15, 0.2) is 5.11 Å². The van der Waals surface area contributed by atoms with Gasteiger partial charge in [-0.05, 0) is 46.9 Å². The van der Waals surface area contributed by atoms with E-state index in [-0.39, 0.29) is 10.7 Å². The van der Waals surface area contributed by atoms with Gasteiger partial charge in [-0.3, -0.25) is 0 Å². The summed E-state index contributed by atoms with van der Waals surface area (Å²) in [5, 5.41) is 11.7. The minimum atomic E-state index is -0.971. The Morgan fingerprint density at radius 1 is 1.57 bits per heavy atom. The second-order valence-corrected chi connectivity index (χ2v) is 3.98. The summed E-state index contributed by atoms with van der Waals surface area (Å²) in [5.74, 6) is -0.971. The van der Waals surface area contributed by atoms with Crippen LogP contribution in [-0.4, -0.2) is 16.2 Å². The number of benzene rings is 1. The Bertz CT molecular complexity index is 395. The highest BCUT2D eigenvalue weighted by Gasteiger charge is 2.11. The maximum Gasteiger partial charge on any atom is 0.336 e. The molecule has 0 unspecified atom stereocenters. The fourth-order valence-corrected chi connectivity index (χ4v) is 1.76. The van der Waals surface area contributed by atoms with Gasteiger partial charge in [0, 0.05) is 0 Å². The number of thiocarbonyl (C=S) groups is 1. The Morgan fingerprint density at radius 3 is 2.71 bits per heavy atom. The van der Waals surface area contributed by atoms with Crippen LogP contribution < -0.4 is 11.1 Å². The van der Waals surface area contributed by atoms with E-state index in [1.165, 1.54) is 6.07 Å². The maximum absolute atomic E-state index is 10.8. The molecule has 0 aliphatic rings. The van der Waals surface area contributed by atoms with Gasteiger partial charge in [-0.1, -0.05) is 6.07 Å². The van der Waals surface area contributed by atoms with Crippen molar-refractivity contribution in [3.8, 4) is 0 Å². The Balaban J connectivity index is 3.13. The molecule has 0 aromatic heterocycles. The number of hydrogen-bond acceptors (Lipinski definition) is 2. The number of carboxylic acids is 1. The van der Waals surface area contributed by atoms with Crippen LogP contribution in [0.25, 0.3) is 0 Å². The second-order valence-electron chi connectivity index (χ2n) is 2.46. The molecule has 0 radical (unpaired) electrons. The maximum atomic E-state index is 10.8. The van der Waals surface area contributed by atoms with Crippen LogP contribution in [0.4, 0.5) is 5.69 Å². The fraction of sp³-hybridized carbons (Fsp3) is 0. The summed E-state index contributed by atoms with van der Waals surface area (Å²) in [7, 11) is 0. The van der Waals surface area contributed by atoms with Crippen molar-refractivity contribution in [1.82, 2.24) is 0 Å². The summed E-state index contributed by atoms with van der Waals surface area (Å²) in [4.78, 5) is 10.8. The SMILES string of the molecule is NC(=S)Nc1cccc(C(=O)O)c1I. The zero-order valence-corrected chi connectivity index (χ0v) is 9.93. The summed E-state index contributed by atoms with van der Waals surface area (Å²) in [6, 6.07) is 4.87. The van der Waals surface area contributed by atoms with Gasteiger partial charge in [-0.15, -0.1) is 0 Å². The van der Waals surface area contributed by atoms with E-state index in [9.17, 15) is 4.79 Å². The number of carboxylic acid groups (broad SMARTS) is 1. The highest BCUT2D eigenvalue weighted by molar-refractivity contribution is 14.1. The van der Waals surface area contributed by atoms with Crippen LogP contribution in [0.2, 0.25) is 0 Å². The first-order valence-electron chi connectivity index (χ1n) is 3.60. The molecular weight excluding hydrogens is 315 g/mol.